The zero-order valence-corrected chi connectivity index (χ0v) is 15.3. The van der Waals surface area contributed by atoms with Gasteiger partial charge in [0.25, 0.3) is 5.91 Å². The second-order valence-corrected chi connectivity index (χ2v) is 6.72. The summed E-state index contributed by atoms with van der Waals surface area (Å²) in [5.74, 6) is -0.153. The van der Waals surface area contributed by atoms with Crippen molar-refractivity contribution in [2.45, 2.75) is 19.3 Å². The van der Waals surface area contributed by atoms with Crippen molar-refractivity contribution in [3.8, 4) is 0 Å². The van der Waals surface area contributed by atoms with Gasteiger partial charge >= 0.3 is 0 Å². The van der Waals surface area contributed by atoms with Crippen LogP contribution in [0.1, 0.15) is 29.6 Å². The highest BCUT2D eigenvalue weighted by Crippen LogP contribution is 2.20. The smallest absolute Gasteiger partial charge is 0.253 e. The average Bonchev–Trinajstić information content (AvgIpc) is 2.68. The molecule has 1 saturated heterocycles. The van der Waals surface area contributed by atoms with Crippen LogP contribution in [0.15, 0.2) is 48.5 Å². The first-order chi connectivity index (χ1) is 12.6. The topological polar surface area (TPSA) is 61.4 Å². The van der Waals surface area contributed by atoms with Gasteiger partial charge in [-0.25, -0.2) is 0 Å². The first kappa shape index (κ1) is 18.3. The molecule has 0 aromatic heterocycles. The quantitative estimate of drug-likeness (QED) is 0.834. The third-order valence-electron chi connectivity index (χ3n) is 4.35. The molecule has 2 aromatic carbocycles. The number of para-hydroxylation sites is 1. The van der Waals surface area contributed by atoms with Crippen LogP contribution in [-0.4, -0.2) is 36.3 Å². The highest BCUT2D eigenvalue weighted by Gasteiger charge is 2.18. The van der Waals surface area contributed by atoms with Crippen LogP contribution < -0.4 is 10.6 Å². The van der Waals surface area contributed by atoms with Crippen LogP contribution in [0.2, 0.25) is 5.02 Å². The maximum absolute atomic E-state index is 12.6. The van der Waals surface area contributed by atoms with Gasteiger partial charge in [-0.15, -0.1) is 0 Å². The van der Waals surface area contributed by atoms with E-state index in [9.17, 15) is 9.59 Å². The van der Waals surface area contributed by atoms with Crippen LogP contribution in [-0.2, 0) is 4.79 Å². The Labute approximate surface area is 158 Å². The Balaban J connectivity index is 1.57. The second-order valence-electron chi connectivity index (χ2n) is 6.32. The van der Waals surface area contributed by atoms with Crippen molar-refractivity contribution >= 4 is 34.8 Å². The molecule has 2 N–H and O–H groups in total. The Bertz CT molecular complexity index is 788. The predicted molar refractivity (Wildman–Crippen MR) is 105 cm³/mol. The second kappa shape index (κ2) is 8.72. The lowest BCUT2D eigenvalue weighted by Gasteiger charge is -2.26. The number of piperidine rings is 1. The number of carbonyl (C=O) groups excluding carboxylic acids is 2. The molecule has 26 heavy (non-hydrogen) atoms. The first-order valence-corrected chi connectivity index (χ1v) is 9.19. The van der Waals surface area contributed by atoms with Gasteiger partial charge in [-0.3, -0.25) is 9.59 Å². The summed E-state index contributed by atoms with van der Waals surface area (Å²) in [6.07, 6.45) is 3.31. The largest absolute Gasteiger partial charge is 0.376 e. The number of benzene rings is 2. The Morgan fingerprint density at radius 1 is 1.00 bits per heavy atom. The molecule has 0 aliphatic carbocycles. The number of hydrogen-bond acceptors (Lipinski definition) is 3. The summed E-state index contributed by atoms with van der Waals surface area (Å²) in [6.45, 7) is 1.72. The minimum Gasteiger partial charge on any atom is -0.376 e. The number of rotatable bonds is 5. The first-order valence-electron chi connectivity index (χ1n) is 8.81. The molecule has 1 aliphatic rings. The Hall–Kier alpha value is -2.53. The number of nitrogens with zero attached hydrogens (tertiary/aromatic N) is 1. The normalized spacial score (nSPS) is 14.0. The fraction of sp³-hybridized carbons (Fsp3) is 0.300. The SMILES string of the molecule is O=C(CNc1cccc(C(=O)N2CCCCC2)c1)Nc1ccccc1Cl. The third-order valence-corrected chi connectivity index (χ3v) is 4.68. The van der Waals surface area contributed by atoms with Gasteiger partial charge in [0, 0.05) is 24.3 Å². The third kappa shape index (κ3) is 4.76. The van der Waals surface area contributed by atoms with Crippen molar-refractivity contribution < 1.29 is 9.59 Å². The fourth-order valence-electron chi connectivity index (χ4n) is 2.98. The number of anilines is 2. The van der Waals surface area contributed by atoms with E-state index in [1.807, 2.05) is 29.2 Å². The maximum Gasteiger partial charge on any atom is 0.253 e. The summed E-state index contributed by atoms with van der Waals surface area (Å²) in [6, 6.07) is 14.4. The predicted octanol–water partition coefficient (Wildman–Crippen LogP) is 4.02. The lowest BCUT2D eigenvalue weighted by Crippen LogP contribution is -2.35. The van der Waals surface area contributed by atoms with Gasteiger partial charge < -0.3 is 15.5 Å². The minimum atomic E-state index is -0.203. The van der Waals surface area contributed by atoms with E-state index in [2.05, 4.69) is 10.6 Å². The summed E-state index contributed by atoms with van der Waals surface area (Å²) >= 11 is 6.04. The van der Waals surface area contributed by atoms with Crippen molar-refractivity contribution in [2.75, 3.05) is 30.3 Å². The standard InChI is InChI=1S/C20H22ClN3O2/c21-17-9-2-3-10-18(17)23-19(25)14-22-16-8-6-7-15(13-16)20(26)24-11-4-1-5-12-24/h2-3,6-10,13,22H,1,4-5,11-12,14H2,(H,23,25). The molecule has 0 bridgehead atoms. The number of nitrogens with one attached hydrogen (secondary N) is 2. The maximum atomic E-state index is 12.6. The molecule has 0 radical (unpaired) electrons. The summed E-state index contributed by atoms with van der Waals surface area (Å²) in [5, 5.41) is 6.31. The molecule has 0 spiro atoms. The molecule has 3 rings (SSSR count). The van der Waals surface area contributed by atoms with Crippen molar-refractivity contribution in [2.24, 2.45) is 0 Å². The zero-order chi connectivity index (χ0) is 18.4. The van der Waals surface area contributed by atoms with Crippen molar-refractivity contribution in [3.63, 3.8) is 0 Å². The summed E-state index contributed by atoms with van der Waals surface area (Å²) < 4.78 is 0. The molecule has 1 aliphatic heterocycles. The van der Waals surface area contributed by atoms with Crippen molar-refractivity contribution in [1.29, 1.82) is 0 Å². The minimum absolute atomic E-state index is 0.0499. The highest BCUT2D eigenvalue weighted by molar-refractivity contribution is 6.33. The van der Waals surface area contributed by atoms with E-state index >= 15 is 0 Å². The number of likely N-dealkylation sites (tertiary alicyclic amines) is 1. The molecule has 1 heterocycles. The van der Waals surface area contributed by atoms with Crippen LogP contribution in [0.4, 0.5) is 11.4 Å². The molecule has 2 amide bonds. The summed E-state index contributed by atoms with van der Waals surface area (Å²) in [5.41, 5.74) is 1.96. The fourth-order valence-corrected chi connectivity index (χ4v) is 3.16. The molecule has 0 saturated carbocycles. The summed E-state index contributed by atoms with van der Waals surface area (Å²) in [7, 11) is 0. The molecule has 6 heteroatoms. The zero-order valence-electron chi connectivity index (χ0n) is 14.5. The molecule has 1 fully saturated rings. The highest BCUT2D eigenvalue weighted by atomic mass is 35.5. The van der Waals surface area contributed by atoms with Crippen molar-refractivity contribution in [1.82, 2.24) is 4.90 Å². The van der Waals surface area contributed by atoms with E-state index in [1.165, 1.54) is 6.42 Å². The molecular formula is C20H22ClN3O2. The number of carbonyl (C=O) groups is 2. The van der Waals surface area contributed by atoms with Crippen LogP contribution in [0.3, 0.4) is 0 Å². The molecular weight excluding hydrogens is 350 g/mol. The molecule has 0 atom stereocenters. The average molecular weight is 372 g/mol. The molecule has 2 aromatic rings. The van der Waals surface area contributed by atoms with E-state index in [1.54, 1.807) is 24.3 Å². The van der Waals surface area contributed by atoms with Crippen LogP contribution in [0.5, 0.6) is 0 Å². The summed E-state index contributed by atoms with van der Waals surface area (Å²) in [4.78, 5) is 26.6. The Morgan fingerprint density at radius 2 is 1.77 bits per heavy atom. The Kier molecular flexibility index (Phi) is 6.12. The van der Waals surface area contributed by atoms with Crippen LogP contribution in [0, 0.1) is 0 Å². The van der Waals surface area contributed by atoms with Gasteiger partial charge in [0.15, 0.2) is 0 Å². The van der Waals surface area contributed by atoms with E-state index in [0.29, 0.717) is 16.3 Å². The van der Waals surface area contributed by atoms with E-state index < -0.39 is 0 Å². The molecule has 5 nitrogen and oxygen atoms in total. The number of halogens is 1. The lowest BCUT2D eigenvalue weighted by atomic mass is 10.1. The monoisotopic (exact) mass is 371 g/mol. The number of hydrogen-bond donors (Lipinski definition) is 2. The van der Waals surface area contributed by atoms with Gasteiger partial charge in [0.05, 0.1) is 17.3 Å². The van der Waals surface area contributed by atoms with Gasteiger partial charge in [0.2, 0.25) is 5.91 Å². The molecule has 0 unspecified atom stereocenters. The van der Waals surface area contributed by atoms with Crippen LogP contribution in [0.25, 0.3) is 0 Å². The number of amides is 2. The Morgan fingerprint density at radius 3 is 2.54 bits per heavy atom. The van der Waals surface area contributed by atoms with Crippen LogP contribution >= 0.6 is 11.6 Å². The van der Waals surface area contributed by atoms with Gasteiger partial charge in [-0.1, -0.05) is 29.8 Å². The van der Waals surface area contributed by atoms with Gasteiger partial charge in [0.1, 0.15) is 0 Å². The van der Waals surface area contributed by atoms with Gasteiger partial charge in [-0.2, -0.15) is 0 Å². The molecule has 136 valence electrons. The van der Waals surface area contributed by atoms with E-state index in [-0.39, 0.29) is 18.4 Å². The van der Waals surface area contributed by atoms with Gasteiger partial charge in [-0.05, 0) is 49.6 Å². The van der Waals surface area contributed by atoms with E-state index in [0.717, 1.165) is 31.6 Å². The van der Waals surface area contributed by atoms with Crippen molar-refractivity contribution in [3.05, 3.63) is 59.1 Å². The van der Waals surface area contributed by atoms with E-state index in [4.69, 9.17) is 11.6 Å². The lowest BCUT2D eigenvalue weighted by molar-refractivity contribution is -0.114.